The highest BCUT2D eigenvalue weighted by Crippen LogP contribution is 2.13. The van der Waals surface area contributed by atoms with E-state index in [1.165, 1.54) is 6.07 Å². The molecule has 0 saturated heterocycles. The predicted molar refractivity (Wildman–Crippen MR) is 63.4 cm³/mol. The van der Waals surface area contributed by atoms with Crippen LogP contribution in [0.5, 0.6) is 0 Å². The van der Waals surface area contributed by atoms with E-state index in [1.807, 2.05) is 0 Å². The minimum absolute atomic E-state index is 0.0342. The Hall–Kier alpha value is -0.950. The van der Waals surface area contributed by atoms with Crippen LogP contribution in [0.15, 0.2) is 6.07 Å². The molecule has 1 aromatic heterocycles. The summed E-state index contributed by atoms with van der Waals surface area (Å²) < 4.78 is 9.78. The van der Waals surface area contributed by atoms with Crippen LogP contribution in [-0.2, 0) is 14.3 Å². The van der Waals surface area contributed by atoms with Gasteiger partial charge < -0.3 is 14.8 Å². The molecule has 94 valence electrons. The Morgan fingerprint density at radius 3 is 2.82 bits per heavy atom. The maximum Gasteiger partial charge on any atom is 0.251 e. The molecule has 1 heterocycles. The van der Waals surface area contributed by atoms with Crippen LogP contribution in [-0.4, -0.2) is 42.8 Å². The Balaban J connectivity index is 2.39. The number of amides is 1. The minimum atomic E-state index is -0.355. The lowest BCUT2D eigenvalue weighted by molar-refractivity contribution is -0.121. The molecule has 6 nitrogen and oxygen atoms in total. The number of ether oxygens (including phenoxy) is 2. The number of anilines is 1. The van der Waals surface area contributed by atoms with Gasteiger partial charge in [-0.1, -0.05) is 11.6 Å². The normalized spacial score (nSPS) is 10.3. The van der Waals surface area contributed by atoms with Crippen LogP contribution in [0.4, 0.5) is 5.82 Å². The number of hydrogen-bond donors (Lipinski definition) is 1. The molecule has 1 amide bonds. The third-order valence-electron chi connectivity index (χ3n) is 1.60. The summed E-state index contributed by atoms with van der Waals surface area (Å²) in [7, 11) is 1.55. The van der Waals surface area contributed by atoms with Gasteiger partial charge >= 0.3 is 0 Å². The van der Waals surface area contributed by atoms with E-state index < -0.39 is 0 Å². The highest BCUT2D eigenvalue weighted by atomic mass is 35.5. The number of halogens is 2. The van der Waals surface area contributed by atoms with Crippen molar-refractivity contribution in [2.75, 3.05) is 32.2 Å². The smallest absolute Gasteiger partial charge is 0.251 e. The van der Waals surface area contributed by atoms with Gasteiger partial charge in [0.05, 0.1) is 13.2 Å². The third-order valence-corrected chi connectivity index (χ3v) is 1.96. The van der Waals surface area contributed by atoms with Crippen molar-refractivity contribution < 1.29 is 14.3 Å². The van der Waals surface area contributed by atoms with Crippen LogP contribution in [0, 0.1) is 0 Å². The SMILES string of the molecule is COCCOCC(=O)Nc1cc(Cl)nc(Cl)n1. The van der Waals surface area contributed by atoms with Crippen LogP contribution in [0.1, 0.15) is 0 Å². The molecule has 17 heavy (non-hydrogen) atoms. The number of carbonyl (C=O) groups excluding carboxylic acids is 1. The molecule has 0 aromatic carbocycles. The average Bonchev–Trinajstić information content (AvgIpc) is 2.23. The summed E-state index contributed by atoms with van der Waals surface area (Å²) in [4.78, 5) is 18.8. The van der Waals surface area contributed by atoms with Crippen molar-refractivity contribution in [1.29, 1.82) is 0 Å². The first-order valence-electron chi connectivity index (χ1n) is 4.68. The number of aromatic nitrogens is 2. The fourth-order valence-corrected chi connectivity index (χ4v) is 1.35. The maximum atomic E-state index is 11.4. The number of nitrogens with zero attached hydrogens (tertiary/aromatic N) is 2. The topological polar surface area (TPSA) is 73.3 Å². The zero-order valence-electron chi connectivity index (χ0n) is 9.07. The Morgan fingerprint density at radius 2 is 2.18 bits per heavy atom. The van der Waals surface area contributed by atoms with Crippen molar-refractivity contribution in [1.82, 2.24) is 9.97 Å². The molecule has 1 aromatic rings. The quantitative estimate of drug-likeness (QED) is 0.484. The van der Waals surface area contributed by atoms with Gasteiger partial charge in [-0.15, -0.1) is 0 Å². The van der Waals surface area contributed by atoms with Gasteiger partial charge in [0.25, 0.3) is 5.91 Å². The van der Waals surface area contributed by atoms with Crippen LogP contribution < -0.4 is 5.32 Å². The maximum absolute atomic E-state index is 11.4. The monoisotopic (exact) mass is 279 g/mol. The summed E-state index contributed by atoms with van der Waals surface area (Å²) in [6.07, 6.45) is 0. The second-order valence-corrected chi connectivity index (χ2v) is 3.66. The summed E-state index contributed by atoms with van der Waals surface area (Å²) in [5.74, 6) is -0.123. The number of nitrogens with one attached hydrogen (secondary N) is 1. The summed E-state index contributed by atoms with van der Waals surface area (Å²) in [6.45, 7) is 0.677. The molecule has 0 bridgehead atoms. The second-order valence-electron chi connectivity index (χ2n) is 2.94. The van der Waals surface area contributed by atoms with Crippen LogP contribution >= 0.6 is 23.2 Å². The number of methoxy groups -OCH3 is 1. The van der Waals surface area contributed by atoms with E-state index in [2.05, 4.69) is 15.3 Å². The predicted octanol–water partition coefficient (Wildman–Crippen LogP) is 1.38. The Bertz CT molecular complexity index is 369. The molecule has 0 aliphatic carbocycles. The Morgan fingerprint density at radius 1 is 1.41 bits per heavy atom. The molecule has 0 fully saturated rings. The van der Waals surface area contributed by atoms with Crippen molar-refractivity contribution >= 4 is 34.9 Å². The highest BCUT2D eigenvalue weighted by Gasteiger charge is 2.06. The number of carbonyl (C=O) groups is 1. The van der Waals surface area contributed by atoms with E-state index in [-0.39, 0.29) is 28.8 Å². The van der Waals surface area contributed by atoms with Crippen molar-refractivity contribution in [3.63, 3.8) is 0 Å². The van der Waals surface area contributed by atoms with Crippen LogP contribution in [0.2, 0.25) is 10.4 Å². The minimum Gasteiger partial charge on any atom is -0.382 e. The van der Waals surface area contributed by atoms with Gasteiger partial charge in [0.15, 0.2) is 0 Å². The molecule has 1 rings (SSSR count). The molecule has 0 spiro atoms. The largest absolute Gasteiger partial charge is 0.382 e. The summed E-state index contributed by atoms with van der Waals surface area (Å²) >= 11 is 11.2. The van der Waals surface area contributed by atoms with E-state index in [0.29, 0.717) is 13.2 Å². The molecule has 0 saturated carbocycles. The molecule has 8 heteroatoms. The van der Waals surface area contributed by atoms with Gasteiger partial charge in [0.2, 0.25) is 5.28 Å². The first kappa shape index (κ1) is 14.1. The van der Waals surface area contributed by atoms with Crippen molar-refractivity contribution in [2.24, 2.45) is 0 Å². The molecule has 0 atom stereocenters. The van der Waals surface area contributed by atoms with Crippen molar-refractivity contribution in [2.45, 2.75) is 0 Å². The summed E-state index contributed by atoms with van der Waals surface area (Å²) in [6, 6.07) is 1.39. The third kappa shape index (κ3) is 5.78. The fraction of sp³-hybridized carbons (Fsp3) is 0.444. The van der Waals surface area contributed by atoms with Gasteiger partial charge in [-0.05, 0) is 11.6 Å². The molecule has 0 aliphatic rings. The molecular formula is C9H11Cl2N3O3. The fourth-order valence-electron chi connectivity index (χ4n) is 0.940. The summed E-state index contributed by atoms with van der Waals surface area (Å²) in [5.41, 5.74) is 0. The van der Waals surface area contributed by atoms with Gasteiger partial charge in [-0.2, -0.15) is 0 Å². The molecule has 0 radical (unpaired) electrons. The van der Waals surface area contributed by atoms with Crippen molar-refractivity contribution in [3.8, 4) is 0 Å². The van der Waals surface area contributed by atoms with Gasteiger partial charge in [-0.25, -0.2) is 9.97 Å². The van der Waals surface area contributed by atoms with E-state index in [4.69, 9.17) is 32.7 Å². The van der Waals surface area contributed by atoms with E-state index >= 15 is 0 Å². The van der Waals surface area contributed by atoms with E-state index in [9.17, 15) is 4.79 Å². The Kier molecular flexibility index (Phi) is 6.13. The zero-order chi connectivity index (χ0) is 12.7. The standard InChI is InChI=1S/C9H11Cl2N3O3/c1-16-2-3-17-5-8(15)13-7-4-6(10)12-9(11)14-7/h4H,2-3,5H2,1H3,(H,12,13,14,15). The second kappa shape index (κ2) is 7.39. The zero-order valence-corrected chi connectivity index (χ0v) is 10.6. The number of hydrogen-bond acceptors (Lipinski definition) is 5. The van der Waals surface area contributed by atoms with Crippen molar-refractivity contribution in [3.05, 3.63) is 16.5 Å². The Labute approximate surface area is 108 Å². The lowest BCUT2D eigenvalue weighted by atomic mass is 10.5. The van der Waals surface area contributed by atoms with E-state index in [0.717, 1.165) is 0 Å². The van der Waals surface area contributed by atoms with E-state index in [1.54, 1.807) is 7.11 Å². The number of rotatable bonds is 6. The molecule has 1 N–H and O–H groups in total. The molecular weight excluding hydrogens is 269 g/mol. The van der Waals surface area contributed by atoms with Gasteiger partial charge in [0.1, 0.15) is 17.6 Å². The first-order chi connectivity index (χ1) is 8.11. The average molecular weight is 280 g/mol. The molecule has 0 aliphatic heterocycles. The van der Waals surface area contributed by atoms with Gasteiger partial charge in [-0.3, -0.25) is 4.79 Å². The lowest BCUT2D eigenvalue weighted by Gasteiger charge is -2.05. The van der Waals surface area contributed by atoms with Gasteiger partial charge in [0, 0.05) is 13.2 Å². The first-order valence-corrected chi connectivity index (χ1v) is 5.44. The highest BCUT2D eigenvalue weighted by molar-refractivity contribution is 6.32. The van der Waals surface area contributed by atoms with Crippen LogP contribution in [0.3, 0.4) is 0 Å². The lowest BCUT2D eigenvalue weighted by Crippen LogP contribution is -2.20. The van der Waals surface area contributed by atoms with Crippen LogP contribution in [0.25, 0.3) is 0 Å². The summed E-state index contributed by atoms with van der Waals surface area (Å²) in [5, 5.41) is 2.59. The molecule has 0 unspecified atom stereocenters.